The Kier molecular flexibility index (Phi) is 6.51. The predicted octanol–water partition coefficient (Wildman–Crippen LogP) is 5.16. The maximum Gasteiger partial charge on any atom is 0.303 e. The highest BCUT2D eigenvalue weighted by atomic mass is 16.5. The number of aryl methyl sites for hydroxylation is 1. The van der Waals surface area contributed by atoms with Gasteiger partial charge in [-0.3, -0.25) is 4.79 Å². The Morgan fingerprint density at radius 1 is 1.16 bits per heavy atom. The van der Waals surface area contributed by atoms with Crippen LogP contribution in [0.25, 0.3) is 12.2 Å². The van der Waals surface area contributed by atoms with Gasteiger partial charge in [-0.05, 0) is 60.6 Å². The molecule has 0 spiro atoms. The Balaban J connectivity index is 1.46. The van der Waals surface area contributed by atoms with Crippen molar-refractivity contribution in [1.29, 1.82) is 0 Å². The van der Waals surface area contributed by atoms with Crippen LogP contribution in [0, 0.1) is 0 Å². The Labute approximate surface area is 182 Å². The van der Waals surface area contributed by atoms with Gasteiger partial charge >= 0.3 is 5.97 Å². The zero-order valence-electron chi connectivity index (χ0n) is 17.8. The van der Waals surface area contributed by atoms with E-state index in [-0.39, 0.29) is 6.42 Å². The largest absolute Gasteiger partial charge is 0.497 e. The minimum Gasteiger partial charge on any atom is -0.497 e. The Morgan fingerprint density at radius 2 is 2.00 bits per heavy atom. The summed E-state index contributed by atoms with van der Waals surface area (Å²) in [5, 5.41) is 8.72. The standard InChI is InChI=1S/C26H27NO4/c1-30-23-11-10-21-17-22-6-4-5-20(26(22)31-24(21)18-23)9-8-19-12-15-27(16-13-19)14-3-2-7-25(28)29/h8-13,15-18H,2-7,14H2,1H3/p+1/b9-8+. The number of nitrogens with zero attached hydrogens (tertiary/aromatic N) is 1. The van der Waals surface area contributed by atoms with Crippen molar-refractivity contribution in [2.45, 2.75) is 45.1 Å². The van der Waals surface area contributed by atoms with Gasteiger partial charge in [0.2, 0.25) is 0 Å². The third kappa shape index (κ3) is 5.23. The number of allylic oxidation sites excluding steroid dienone is 3. The fraction of sp³-hybridized carbons (Fsp3) is 0.308. The van der Waals surface area contributed by atoms with Gasteiger partial charge in [0.1, 0.15) is 23.8 Å². The van der Waals surface area contributed by atoms with Crippen LogP contribution >= 0.6 is 0 Å². The molecule has 0 fully saturated rings. The molecule has 2 aliphatic rings. The first-order valence-electron chi connectivity index (χ1n) is 10.8. The summed E-state index contributed by atoms with van der Waals surface area (Å²) in [5.41, 5.74) is 4.71. The van der Waals surface area contributed by atoms with Crippen molar-refractivity contribution in [3.8, 4) is 11.5 Å². The number of carbonyl (C=O) groups is 1. The molecule has 0 atom stereocenters. The van der Waals surface area contributed by atoms with Crippen LogP contribution in [0.15, 0.2) is 65.7 Å². The van der Waals surface area contributed by atoms with E-state index in [4.69, 9.17) is 14.6 Å². The molecule has 0 saturated carbocycles. The summed E-state index contributed by atoms with van der Waals surface area (Å²) < 4.78 is 13.7. The second-order valence-corrected chi connectivity index (χ2v) is 7.94. The lowest BCUT2D eigenvalue weighted by molar-refractivity contribution is -0.697. The minimum atomic E-state index is -0.730. The number of benzene rings is 1. The summed E-state index contributed by atoms with van der Waals surface area (Å²) in [6.07, 6.45) is 15.6. The minimum absolute atomic E-state index is 0.231. The van der Waals surface area contributed by atoms with Crippen molar-refractivity contribution in [3.63, 3.8) is 0 Å². The number of unbranched alkanes of at least 4 members (excludes halogenated alkanes) is 1. The molecule has 1 aromatic carbocycles. The summed E-state index contributed by atoms with van der Waals surface area (Å²) in [4.78, 5) is 10.6. The van der Waals surface area contributed by atoms with E-state index >= 15 is 0 Å². The summed E-state index contributed by atoms with van der Waals surface area (Å²) in [6, 6.07) is 10.1. The van der Waals surface area contributed by atoms with E-state index in [0.29, 0.717) is 6.42 Å². The number of carboxylic acid groups (broad SMARTS) is 1. The number of pyridine rings is 1. The molecule has 160 valence electrons. The predicted molar refractivity (Wildman–Crippen MR) is 120 cm³/mol. The van der Waals surface area contributed by atoms with Crippen LogP contribution in [-0.2, 0) is 11.3 Å². The monoisotopic (exact) mass is 418 g/mol. The van der Waals surface area contributed by atoms with E-state index in [0.717, 1.165) is 60.6 Å². The van der Waals surface area contributed by atoms with Crippen molar-refractivity contribution >= 4 is 18.1 Å². The lowest BCUT2D eigenvalue weighted by Gasteiger charge is -2.26. The number of methoxy groups -OCH3 is 1. The van der Waals surface area contributed by atoms with Gasteiger partial charge < -0.3 is 14.6 Å². The van der Waals surface area contributed by atoms with Gasteiger partial charge in [-0.1, -0.05) is 12.2 Å². The second kappa shape index (κ2) is 9.65. The van der Waals surface area contributed by atoms with E-state index in [1.807, 2.05) is 30.6 Å². The quantitative estimate of drug-likeness (QED) is 0.475. The molecule has 2 heterocycles. The Hall–Kier alpha value is -3.34. The average molecular weight is 419 g/mol. The first kappa shape index (κ1) is 20.9. The molecular formula is C26H28NO4+. The Morgan fingerprint density at radius 3 is 2.77 bits per heavy atom. The number of hydrogen-bond donors (Lipinski definition) is 1. The van der Waals surface area contributed by atoms with Crippen molar-refractivity contribution < 1.29 is 23.9 Å². The lowest BCUT2D eigenvalue weighted by atomic mass is 9.89. The van der Waals surface area contributed by atoms with Crippen LogP contribution in [0.1, 0.15) is 49.7 Å². The number of rotatable bonds is 8. The number of aromatic nitrogens is 1. The molecule has 0 unspecified atom stereocenters. The highest BCUT2D eigenvalue weighted by Gasteiger charge is 2.23. The van der Waals surface area contributed by atoms with E-state index in [9.17, 15) is 4.79 Å². The van der Waals surface area contributed by atoms with Crippen LogP contribution in [0.5, 0.6) is 11.5 Å². The first-order valence-corrected chi connectivity index (χ1v) is 10.8. The van der Waals surface area contributed by atoms with Gasteiger partial charge in [0.05, 0.1) is 7.11 Å². The zero-order chi connectivity index (χ0) is 21.6. The molecule has 0 saturated heterocycles. The normalized spacial score (nSPS) is 15.2. The molecule has 1 N–H and O–H groups in total. The highest BCUT2D eigenvalue weighted by molar-refractivity contribution is 5.70. The van der Waals surface area contributed by atoms with Gasteiger partial charge in [0.15, 0.2) is 12.4 Å². The summed E-state index contributed by atoms with van der Waals surface area (Å²) in [7, 11) is 1.67. The van der Waals surface area contributed by atoms with E-state index < -0.39 is 5.97 Å². The van der Waals surface area contributed by atoms with Gasteiger partial charge in [-0.15, -0.1) is 0 Å². The van der Waals surface area contributed by atoms with E-state index in [2.05, 4.69) is 34.9 Å². The molecule has 0 bridgehead atoms. The average Bonchev–Trinajstić information content (AvgIpc) is 2.79. The Bertz CT molecular complexity index is 1050. The fourth-order valence-electron chi connectivity index (χ4n) is 3.97. The van der Waals surface area contributed by atoms with Crippen molar-refractivity contribution in [1.82, 2.24) is 0 Å². The molecule has 0 amide bonds. The summed E-state index contributed by atoms with van der Waals surface area (Å²) in [6.45, 7) is 0.831. The van der Waals surface area contributed by atoms with Gasteiger partial charge in [-0.2, -0.15) is 0 Å². The number of fused-ring (bicyclic) bond motifs is 2. The molecule has 0 radical (unpaired) electrons. The molecular weight excluding hydrogens is 390 g/mol. The van der Waals surface area contributed by atoms with Crippen LogP contribution in [0.2, 0.25) is 0 Å². The molecule has 5 nitrogen and oxygen atoms in total. The van der Waals surface area contributed by atoms with Crippen molar-refractivity contribution in [3.05, 3.63) is 76.8 Å². The van der Waals surface area contributed by atoms with Crippen LogP contribution < -0.4 is 14.0 Å². The third-order valence-corrected chi connectivity index (χ3v) is 5.69. The van der Waals surface area contributed by atoms with Crippen LogP contribution in [0.4, 0.5) is 0 Å². The molecule has 5 heteroatoms. The molecule has 2 aromatic rings. The maximum atomic E-state index is 10.6. The third-order valence-electron chi connectivity index (χ3n) is 5.69. The lowest BCUT2D eigenvalue weighted by Crippen LogP contribution is -2.32. The van der Waals surface area contributed by atoms with Gasteiger partial charge in [0.25, 0.3) is 0 Å². The summed E-state index contributed by atoms with van der Waals surface area (Å²) in [5.74, 6) is 1.89. The SMILES string of the molecule is COc1ccc2c(c1)OC1=C(/C=C/c3cc[n+](CCCCC(=O)O)cc3)CCCC1=C2. The zero-order valence-corrected chi connectivity index (χ0v) is 17.8. The number of aliphatic carboxylic acids is 1. The fourth-order valence-corrected chi connectivity index (χ4v) is 3.97. The van der Waals surface area contributed by atoms with Crippen LogP contribution in [-0.4, -0.2) is 18.2 Å². The van der Waals surface area contributed by atoms with Gasteiger partial charge in [-0.25, -0.2) is 4.57 Å². The smallest absolute Gasteiger partial charge is 0.303 e. The molecule has 1 aromatic heterocycles. The second-order valence-electron chi connectivity index (χ2n) is 7.94. The number of carboxylic acids is 1. The molecule has 1 aliphatic heterocycles. The molecule has 4 rings (SSSR count). The van der Waals surface area contributed by atoms with E-state index in [1.54, 1.807) is 7.11 Å². The van der Waals surface area contributed by atoms with E-state index in [1.165, 1.54) is 11.1 Å². The van der Waals surface area contributed by atoms with Crippen molar-refractivity contribution in [2.24, 2.45) is 0 Å². The summed E-state index contributed by atoms with van der Waals surface area (Å²) >= 11 is 0. The molecule has 1 aliphatic carbocycles. The number of ether oxygens (including phenoxy) is 2. The maximum absolute atomic E-state index is 10.6. The van der Waals surface area contributed by atoms with Gasteiger partial charge in [0, 0.05) is 36.6 Å². The first-order chi connectivity index (χ1) is 15.1. The number of hydrogen-bond acceptors (Lipinski definition) is 3. The molecule has 31 heavy (non-hydrogen) atoms. The highest BCUT2D eigenvalue weighted by Crippen LogP contribution is 2.40. The van der Waals surface area contributed by atoms with Crippen molar-refractivity contribution in [2.75, 3.05) is 7.11 Å². The van der Waals surface area contributed by atoms with Crippen LogP contribution in [0.3, 0.4) is 0 Å². The topological polar surface area (TPSA) is 59.6 Å².